The molecule has 7 rings (SSSR count). The minimum absolute atomic E-state index is 0.106. The number of aliphatic imine (C=N–C) groups is 1. The smallest absolute Gasteiger partial charge is 0.0664 e. The Morgan fingerprint density at radius 3 is 2.29 bits per heavy atom. The molecule has 0 aromatic heterocycles. The SMILES string of the molecule is C=C(/C=C\C=C1/CN(N(c2ccc(C=NC)cc2)c2ccc3c(c2)C(C)(C)c2ccccc2-3)c2cccc(/C(C)=C/C)c21)c1ccccc1. The van der Waals surface area contributed by atoms with Crippen LogP contribution in [0.3, 0.4) is 0 Å². The lowest BCUT2D eigenvalue weighted by Crippen LogP contribution is -2.38. The number of rotatable bonds is 8. The molecule has 1 aliphatic carbocycles. The van der Waals surface area contributed by atoms with Gasteiger partial charge in [0.15, 0.2) is 0 Å². The van der Waals surface area contributed by atoms with E-state index in [1.807, 2.05) is 19.3 Å². The van der Waals surface area contributed by atoms with Crippen LogP contribution in [-0.2, 0) is 5.41 Å². The van der Waals surface area contributed by atoms with Gasteiger partial charge in [-0.25, -0.2) is 0 Å². The second kappa shape index (κ2) is 13.1. The van der Waals surface area contributed by atoms with Crippen LogP contribution in [0, 0.1) is 0 Å². The van der Waals surface area contributed by atoms with Crippen LogP contribution in [0.5, 0.6) is 0 Å². The van der Waals surface area contributed by atoms with E-state index < -0.39 is 0 Å². The Hall–Kier alpha value is -5.67. The van der Waals surface area contributed by atoms with Crippen LogP contribution >= 0.6 is 0 Å². The van der Waals surface area contributed by atoms with E-state index in [1.54, 1.807) is 0 Å². The predicted molar refractivity (Wildman–Crippen MR) is 212 cm³/mol. The number of nitrogens with zero attached hydrogens (tertiary/aromatic N) is 3. The predicted octanol–water partition coefficient (Wildman–Crippen LogP) is 11.7. The molecule has 0 atom stereocenters. The molecule has 49 heavy (non-hydrogen) atoms. The van der Waals surface area contributed by atoms with Crippen LogP contribution in [0.15, 0.2) is 151 Å². The van der Waals surface area contributed by atoms with Crippen LogP contribution in [0.2, 0.25) is 0 Å². The van der Waals surface area contributed by atoms with Crippen molar-refractivity contribution in [1.82, 2.24) is 0 Å². The molecule has 1 aliphatic heterocycles. The summed E-state index contributed by atoms with van der Waals surface area (Å²) in [7, 11) is 1.81. The average molecular weight is 638 g/mol. The van der Waals surface area contributed by atoms with Crippen molar-refractivity contribution >= 4 is 40.0 Å². The summed E-state index contributed by atoms with van der Waals surface area (Å²) in [5, 5.41) is 4.83. The molecular weight excluding hydrogens is 595 g/mol. The van der Waals surface area contributed by atoms with E-state index in [-0.39, 0.29) is 5.41 Å². The monoisotopic (exact) mass is 637 g/mol. The lowest BCUT2D eigenvalue weighted by Gasteiger charge is -2.36. The van der Waals surface area contributed by atoms with Crippen LogP contribution in [0.25, 0.3) is 27.8 Å². The van der Waals surface area contributed by atoms with E-state index in [0.717, 1.165) is 28.1 Å². The van der Waals surface area contributed by atoms with Gasteiger partial charge in [0.05, 0.1) is 23.6 Å². The van der Waals surface area contributed by atoms with Crippen molar-refractivity contribution < 1.29 is 0 Å². The summed E-state index contributed by atoms with van der Waals surface area (Å²) in [4.78, 5) is 4.25. The molecule has 0 amide bonds. The maximum atomic E-state index is 4.34. The van der Waals surface area contributed by atoms with E-state index in [4.69, 9.17) is 0 Å². The summed E-state index contributed by atoms with van der Waals surface area (Å²) in [5.41, 5.74) is 16.9. The Labute approximate surface area is 291 Å². The van der Waals surface area contributed by atoms with Gasteiger partial charge in [0.1, 0.15) is 0 Å². The first-order valence-electron chi connectivity index (χ1n) is 17.0. The standard InChI is InChI=1S/C46H43N3/c1-7-32(2)39-20-14-22-44-45(39)36(18-13-15-33(3)35-16-9-8-10-17-35)31-48(44)49(37-25-23-34(24-26-37)30-47-6)38-27-28-41-40-19-11-12-21-42(40)46(4,5)43(41)29-38/h7-30H,3,31H2,1-2,4-6H3/b15-13-,32-7+,36-18+,47-30?. The quantitative estimate of drug-likeness (QED) is 0.125. The highest BCUT2D eigenvalue weighted by Gasteiger charge is 2.37. The lowest BCUT2D eigenvalue weighted by molar-refractivity contribution is 0.660. The van der Waals surface area contributed by atoms with Crippen molar-refractivity contribution in [3.63, 3.8) is 0 Å². The summed E-state index contributed by atoms with van der Waals surface area (Å²) in [5.74, 6) is 0. The van der Waals surface area contributed by atoms with E-state index in [1.165, 1.54) is 50.2 Å². The maximum Gasteiger partial charge on any atom is 0.0664 e. The third-order valence-corrected chi connectivity index (χ3v) is 10.0. The molecule has 0 N–H and O–H groups in total. The molecular formula is C46H43N3. The Bertz CT molecular complexity index is 2160. The van der Waals surface area contributed by atoms with Gasteiger partial charge in [0.2, 0.25) is 0 Å². The highest BCUT2D eigenvalue weighted by atomic mass is 15.6. The van der Waals surface area contributed by atoms with Crippen LogP contribution in [0.1, 0.15) is 61.1 Å². The molecule has 0 radical (unpaired) electrons. The Morgan fingerprint density at radius 1 is 0.816 bits per heavy atom. The molecule has 3 nitrogen and oxygen atoms in total. The molecule has 3 heteroatoms. The summed E-state index contributed by atoms with van der Waals surface area (Å²) in [6.45, 7) is 14.1. The number of anilines is 3. The first-order valence-corrected chi connectivity index (χ1v) is 17.0. The molecule has 5 aromatic carbocycles. The third kappa shape index (κ3) is 5.76. The van der Waals surface area contributed by atoms with Crippen molar-refractivity contribution in [2.75, 3.05) is 23.6 Å². The highest BCUT2D eigenvalue weighted by molar-refractivity contribution is 5.95. The van der Waals surface area contributed by atoms with Gasteiger partial charge >= 0.3 is 0 Å². The van der Waals surface area contributed by atoms with Gasteiger partial charge in [-0.1, -0.05) is 130 Å². The zero-order chi connectivity index (χ0) is 34.1. The Balaban J connectivity index is 1.37. The third-order valence-electron chi connectivity index (χ3n) is 10.0. The van der Waals surface area contributed by atoms with Gasteiger partial charge in [-0.2, -0.15) is 0 Å². The van der Waals surface area contributed by atoms with E-state index >= 15 is 0 Å². The molecule has 2 aliphatic rings. The van der Waals surface area contributed by atoms with Crippen molar-refractivity contribution in [2.24, 2.45) is 4.99 Å². The zero-order valence-electron chi connectivity index (χ0n) is 29.1. The second-order valence-electron chi connectivity index (χ2n) is 13.4. The highest BCUT2D eigenvalue weighted by Crippen LogP contribution is 2.51. The molecule has 0 spiro atoms. The first-order chi connectivity index (χ1) is 23.8. The summed E-state index contributed by atoms with van der Waals surface area (Å²) in [6, 6.07) is 41.6. The minimum atomic E-state index is -0.106. The number of allylic oxidation sites excluding steroid dienone is 6. The molecule has 0 saturated heterocycles. The molecule has 1 heterocycles. The van der Waals surface area contributed by atoms with Gasteiger partial charge in [-0.3, -0.25) is 15.0 Å². The fraction of sp³-hybridized carbons (Fsp3) is 0.152. The van der Waals surface area contributed by atoms with E-state index in [9.17, 15) is 0 Å². The summed E-state index contributed by atoms with van der Waals surface area (Å²) < 4.78 is 0. The Morgan fingerprint density at radius 2 is 1.53 bits per heavy atom. The topological polar surface area (TPSA) is 18.8 Å². The van der Waals surface area contributed by atoms with Crippen molar-refractivity contribution in [3.8, 4) is 11.1 Å². The van der Waals surface area contributed by atoms with Crippen LogP contribution < -0.4 is 10.0 Å². The fourth-order valence-corrected chi connectivity index (χ4v) is 7.35. The molecule has 0 saturated carbocycles. The van der Waals surface area contributed by atoms with Gasteiger partial charge in [0.25, 0.3) is 0 Å². The second-order valence-corrected chi connectivity index (χ2v) is 13.4. The molecule has 5 aromatic rings. The van der Waals surface area contributed by atoms with Gasteiger partial charge in [-0.15, -0.1) is 0 Å². The lowest BCUT2D eigenvalue weighted by atomic mass is 9.82. The van der Waals surface area contributed by atoms with Gasteiger partial charge in [0, 0.05) is 24.2 Å². The van der Waals surface area contributed by atoms with Crippen molar-refractivity contribution in [2.45, 2.75) is 33.1 Å². The minimum Gasteiger partial charge on any atom is -0.296 e. The molecule has 0 unspecified atom stereocenters. The fourth-order valence-electron chi connectivity index (χ4n) is 7.35. The Kier molecular flexibility index (Phi) is 8.52. The van der Waals surface area contributed by atoms with Crippen LogP contribution in [0.4, 0.5) is 17.1 Å². The number of hydrogen-bond acceptors (Lipinski definition) is 3. The average Bonchev–Trinajstić information content (AvgIpc) is 3.61. The van der Waals surface area contributed by atoms with Gasteiger partial charge in [-0.05, 0) is 99.8 Å². The summed E-state index contributed by atoms with van der Waals surface area (Å²) in [6.07, 6.45) is 10.6. The summed E-state index contributed by atoms with van der Waals surface area (Å²) >= 11 is 0. The van der Waals surface area contributed by atoms with E-state index in [0.29, 0.717) is 6.54 Å². The molecule has 242 valence electrons. The number of fused-ring (bicyclic) bond motifs is 4. The number of benzene rings is 5. The van der Waals surface area contributed by atoms with Crippen molar-refractivity contribution in [3.05, 3.63) is 180 Å². The number of hydrazine groups is 1. The molecule has 0 fully saturated rings. The zero-order valence-corrected chi connectivity index (χ0v) is 29.1. The number of hydrogen-bond donors (Lipinski definition) is 0. The normalized spacial score (nSPS) is 15.6. The van der Waals surface area contributed by atoms with E-state index in [2.05, 4.69) is 183 Å². The largest absolute Gasteiger partial charge is 0.296 e. The molecule has 0 bridgehead atoms. The van der Waals surface area contributed by atoms with Gasteiger partial charge < -0.3 is 0 Å². The van der Waals surface area contributed by atoms with Crippen molar-refractivity contribution in [1.29, 1.82) is 0 Å². The maximum absolute atomic E-state index is 4.34. The van der Waals surface area contributed by atoms with Crippen LogP contribution in [-0.4, -0.2) is 19.8 Å². The first kappa shape index (κ1) is 31.9.